The smallest absolute Gasteiger partial charge is 0.0316 e. The molecule has 4 aromatic rings. The van der Waals surface area contributed by atoms with Crippen molar-refractivity contribution in [1.82, 2.24) is 0 Å². The van der Waals surface area contributed by atoms with Crippen LogP contribution in [0.25, 0.3) is 0 Å². The van der Waals surface area contributed by atoms with Crippen LogP contribution in [0.5, 0.6) is 0 Å². The molecular formula is C52H74N2. The number of hydrogen-bond donors (Lipinski definition) is 2. The van der Waals surface area contributed by atoms with E-state index in [0.717, 1.165) is 11.4 Å². The number of anilines is 2. The topological polar surface area (TPSA) is 52.0 Å². The Bertz CT molecular complexity index is 1570. The molecule has 1 aliphatic rings. The minimum absolute atomic E-state index is 0.0219. The Hall–Kier alpha value is -3.52. The molecule has 292 valence electrons. The molecule has 0 radical (unpaired) electrons. The van der Waals surface area contributed by atoms with Gasteiger partial charge in [-0.2, -0.15) is 0 Å². The van der Waals surface area contributed by atoms with Gasteiger partial charge in [0.25, 0.3) is 0 Å². The monoisotopic (exact) mass is 727 g/mol. The van der Waals surface area contributed by atoms with Crippen LogP contribution in [0.2, 0.25) is 0 Å². The summed E-state index contributed by atoms with van der Waals surface area (Å²) in [5.74, 6) is 1.45. The predicted octanol–water partition coefficient (Wildman–Crippen LogP) is 15.1. The van der Waals surface area contributed by atoms with Gasteiger partial charge in [-0.25, -0.2) is 0 Å². The van der Waals surface area contributed by atoms with Crippen LogP contribution >= 0.6 is 0 Å². The number of aryl methyl sites for hydroxylation is 2. The van der Waals surface area contributed by atoms with Crippen molar-refractivity contribution < 1.29 is 0 Å². The average Bonchev–Trinajstić information content (AvgIpc) is 3.18. The summed E-state index contributed by atoms with van der Waals surface area (Å²) in [6, 6.07) is 33.4. The molecule has 1 aliphatic carbocycles. The first-order chi connectivity index (χ1) is 26.3. The summed E-state index contributed by atoms with van der Waals surface area (Å²) in [6.07, 6.45) is 24.4. The highest BCUT2D eigenvalue weighted by Gasteiger charge is 2.42. The second-order valence-corrected chi connectivity index (χ2v) is 17.0. The fourth-order valence-corrected chi connectivity index (χ4v) is 10.1. The maximum atomic E-state index is 6.24. The summed E-state index contributed by atoms with van der Waals surface area (Å²) in [6.45, 7) is 11.5. The van der Waals surface area contributed by atoms with Crippen molar-refractivity contribution in [3.05, 3.63) is 129 Å². The molecular weight excluding hydrogens is 653 g/mol. The summed E-state index contributed by atoms with van der Waals surface area (Å²) < 4.78 is 0. The van der Waals surface area contributed by atoms with Crippen LogP contribution in [0, 0.1) is 19.8 Å². The summed E-state index contributed by atoms with van der Waals surface area (Å²) in [5, 5.41) is 0. The lowest BCUT2D eigenvalue weighted by Gasteiger charge is -2.45. The molecule has 2 atom stereocenters. The molecule has 4 aromatic carbocycles. The molecule has 0 amide bonds. The van der Waals surface area contributed by atoms with E-state index in [9.17, 15) is 0 Å². The molecule has 1 fully saturated rings. The van der Waals surface area contributed by atoms with E-state index in [1.165, 1.54) is 167 Å². The molecule has 0 spiro atoms. The van der Waals surface area contributed by atoms with Gasteiger partial charge in [-0.05, 0) is 121 Å². The number of benzene rings is 4. The van der Waals surface area contributed by atoms with Crippen molar-refractivity contribution in [2.75, 3.05) is 11.5 Å². The van der Waals surface area contributed by atoms with Gasteiger partial charge in [-0.15, -0.1) is 0 Å². The van der Waals surface area contributed by atoms with Crippen molar-refractivity contribution in [2.24, 2.45) is 5.92 Å². The minimum atomic E-state index is 0.0219. The third-order valence-corrected chi connectivity index (χ3v) is 13.2. The molecule has 5 rings (SSSR count). The zero-order valence-electron chi connectivity index (χ0n) is 34.9. The molecule has 2 unspecified atom stereocenters. The van der Waals surface area contributed by atoms with Crippen LogP contribution in [0.3, 0.4) is 0 Å². The number of nitrogens with two attached hydrogens (primary N) is 2. The Balaban J connectivity index is 1.57. The molecule has 0 heterocycles. The zero-order valence-corrected chi connectivity index (χ0v) is 34.9. The lowest BCUT2D eigenvalue weighted by molar-refractivity contribution is 0.221. The number of rotatable bonds is 21. The first-order valence-corrected chi connectivity index (χ1v) is 22.2. The normalized spacial score (nSPS) is 15.9. The van der Waals surface area contributed by atoms with E-state index >= 15 is 0 Å². The SMILES string of the molecule is CCCCCCC(c1ccc(C(CCCCC)(c2ccc(C(CCCCCC)c3ccc(N)cc3C)cc2)C2CCCCC2)cc1)c1ccc(N)cc1C. The Labute approximate surface area is 330 Å². The van der Waals surface area contributed by atoms with Gasteiger partial charge in [0.15, 0.2) is 0 Å². The van der Waals surface area contributed by atoms with E-state index in [1.807, 2.05) is 0 Å². The zero-order chi connectivity index (χ0) is 38.3. The van der Waals surface area contributed by atoms with Gasteiger partial charge in [0, 0.05) is 28.6 Å². The average molecular weight is 727 g/mol. The van der Waals surface area contributed by atoms with Gasteiger partial charge in [0.05, 0.1) is 0 Å². The van der Waals surface area contributed by atoms with Gasteiger partial charge in [-0.3, -0.25) is 0 Å². The summed E-state index contributed by atoms with van der Waals surface area (Å²) >= 11 is 0. The maximum Gasteiger partial charge on any atom is 0.0316 e. The fourth-order valence-electron chi connectivity index (χ4n) is 10.1. The van der Waals surface area contributed by atoms with Gasteiger partial charge in [0.1, 0.15) is 0 Å². The lowest BCUT2D eigenvalue weighted by Crippen LogP contribution is -2.38. The second-order valence-electron chi connectivity index (χ2n) is 17.0. The van der Waals surface area contributed by atoms with Crippen molar-refractivity contribution in [3.63, 3.8) is 0 Å². The summed E-state index contributed by atoms with van der Waals surface area (Å²) in [7, 11) is 0. The third kappa shape index (κ3) is 10.4. The largest absolute Gasteiger partial charge is 0.399 e. The molecule has 0 saturated heterocycles. The maximum absolute atomic E-state index is 6.24. The molecule has 0 aliphatic heterocycles. The molecule has 54 heavy (non-hydrogen) atoms. The van der Waals surface area contributed by atoms with E-state index in [-0.39, 0.29) is 5.41 Å². The standard InChI is InChI=1S/C52H74N2/c1-6-9-12-17-22-50(48-34-32-46(53)37-39(48)4)41-24-28-44(29-25-41)52(36-19-11-8-3,43-20-15-14-16-21-43)45-30-26-42(27-31-45)51(23-18-13-10-7-2)49-35-33-47(54)38-40(49)5/h24-35,37-38,43,50-51H,6-23,36,53-54H2,1-5H3. The third-order valence-electron chi connectivity index (χ3n) is 13.2. The summed E-state index contributed by atoms with van der Waals surface area (Å²) in [5.41, 5.74) is 25.7. The van der Waals surface area contributed by atoms with Gasteiger partial charge in [-0.1, -0.05) is 171 Å². The quantitative estimate of drug-likeness (QED) is 0.0663. The highest BCUT2D eigenvalue weighted by atomic mass is 14.5. The van der Waals surface area contributed by atoms with Crippen LogP contribution in [0.4, 0.5) is 11.4 Å². The van der Waals surface area contributed by atoms with Crippen molar-refractivity contribution >= 4 is 11.4 Å². The number of unbranched alkanes of at least 4 members (excludes halogenated alkanes) is 8. The Morgan fingerprint density at radius 2 is 0.944 bits per heavy atom. The Morgan fingerprint density at radius 1 is 0.519 bits per heavy atom. The van der Waals surface area contributed by atoms with Crippen LogP contribution in [0.15, 0.2) is 84.9 Å². The van der Waals surface area contributed by atoms with Gasteiger partial charge < -0.3 is 11.5 Å². The molecule has 0 aromatic heterocycles. The number of nitrogen functional groups attached to an aromatic ring is 2. The van der Waals surface area contributed by atoms with E-state index in [4.69, 9.17) is 11.5 Å². The van der Waals surface area contributed by atoms with E-state index in [2.05, 4.69) is 120 Å². The van der Waals surface area contributed by atoms with Crippen molar-refractivity contribution in [3.8, 4) is 0 Å². The van der Waals surface area contributed by atoms with Crippen LogP contribution in [0.1, 0.15) is 199 Å². The molecule has 2 heteroatoms. The Morgan fingerprint density at radius 3 is 1.35 bits per heavy atom. The molecule has 4 N–H and O–H groups in total. The van der Waals surface area contributed by atoms with E-state index in [1.54, 1.807) is 0 Å². The first-order valence-electron chi connectivity index (χ1n) is 22.2. The fraction of sp³-hybridized carbons (Fsp3) is 0.538. The summed E-state index contributed by atoms with van der Waals surface area (Å²) in [4.78, 5) is 0. The van der Waals surface area contributed by atoms with Crippen LogP contribution < -0.4 is 11.5 Å². The number of hydrogen-bond acceptors (Lipinski definition) is 2. The Kier molecular flexibility index (Phi) is 16.2. The van der Waals surface area contributed by atoms with E-state index in [0.29, 0.717) is 17.8 Å². The first kappa shape index (κ1) is 41.6. The van der Waals surface area contributed by atoms with Gasteiger partial charge >= 0.3 is 0 Å². The molecule has 0 bridgehead atoms. The van der Waals surface area contributed by atoms with Crippen molar-refractivity contribution in [1.29, 1.82) is 0 Å². The van der Waals surface area contributed by atoms with Gasteiger partial charge in [0.2, 0.25) is 0 Å². The van der Waals surface area contributed by atoms with Crippen molar-refractivity contribution in [2.45, 2.75) is 174 Å². The molecule has 1 saturated carbocycles. The van der Waals surface area contributed by atoms with Crippen LogP contribution in [-0.4, -0.2) is 0 Å². The van der Waals surface area contributed by atoms with Crippen LogP contribution in [-0.2, 0) is 5.41 Å². The lowest BCUT2D eigenvalue weighted by atomic mass is 9.59. The molecule has 2 nitrogen and oxygen atoms in total. The second kappa shape index (κ2) is 21.0. The minimum Gasteiger partial charge on any atom is -0.399 e. The van der Waals surface area contributed by atoms with E-state index < -0.39 is 0 Å². The highest BCUT2D eigenvalue weighted by molar-refractivity contribution is 5.51. The predicted molar refractivity (Wildman–Crippen MR) is 237 cm³/mol. The highest BCUT2D eigenvalue weighted by Crippen LogP contribution is 2.50.